The lowest BCUT2D eigenvalue weighted by atomic mass is 9.95. The summed E-state index contributed by atoms with van der Waals surface area (Å²) in [7, 11) is 0. The van der Waals surface area contributed by atoms with Gasteiger partial charge >= 0.3 is 0 Å². The van der Waals surface area contributed by atoms with Crippen LogP contribution in [0.4, 0.5) is 0 Å². The molecular formula is C16H27N3. The summed E-state index contributed by atoms with van der Waals surface area (Å²) < 4.78 is 0. The highest BCUT2D eigenvalue weighted by atomic mass is 15.4. The van der Waals surface area contributed by atoms with E-state index in [9.17, 15) is 0 Å². The zero-order chi connectivity index (χ0) is 12.9. The summed E-state index contributed by atoms with van der Waals surface area (Å²) in [5.74, 6) is 2.96. The van der Waals surface area contributed by atoms with Crippen LogP contribution in [0.3, 0.4) is 0 Å². The zero-order valence-corrected chi connectivity index (χ0v) is 12.2. The minimum atomic E-state index is 0.706. The Morgan fingerprint density at radius 3 is 2.95 bits per heavy atom. The highest BCUT2D eigenvalue weighted by Gasteiger charge is 2.48. The molecule has 1 N–H and O–H groups in total. The van der Waals surface area contributed by atoms with Crippen LogP contribution in [0.2, 0.25) is 0 Å². The molecule has 2 saturated carbocycles. The number of hydrogen-bond acceptors (Lipinski definition) is 3. The van der Waals surface area contributed by atoms with Crippen molar-refractivity contribution in [2.75, 3.05) is 19.6 Å². The third-order valence-electron chi connectivity index (χ3n) is 5.98. The molecule has 2 aliphatic carbocycles. The van der Waals surface area contributed by atoms with Crippen molar-refractivity contribution in [3.05, 3.63) is 0 Å². The van der Waals surface area contributed by atoms with Crippen LogP contribution < -0.4 is 5.32 Å². The first-order valence-electron chi connectivity index (χ1n) is 8.29. The molecule has 3 atom stereocenters. The van der Waals surface area contributed by atoms with Gasteiger partial charge < -0.3 is 10.2 Å². The first-order valence-corrected chi connectivity index (χ1v) is 8.29. The number of rotatable bonds is 2. The van der Waals surface area contributed by atoms with E-state index in [0.717, 1.165) is 30.3 Å². The SMILES string of the molecule is CC1CCC2CN=C(NCC3CCC4(CC4)C3)N2C1. The lowest BCUT2D eigenvalue weighted by Crippen LogP contribution is -2.49. The standard InChI is InChI=1S/C16H27N3/c1-12-2-3-14-10-18-15(19(14)11-12)17-9-13-4-5-16(8-13)6-7-16/h12-14H,2-11H2,1H3,(H,17,18). The molecule has 4 rings (SSSR count). The van der Waals surface area contributed by atoms with E-state index in [1.165, 1.54) is 57.5 Å². The first kappa shape index (κ1) is 12.0. The molecule has 2 heterocycles. The molecule has 3 heteroatoms. The predicted octanol–water partition coefficient (Wildman–Crippen LogP) is 2.63. The number of guanidine groups is 1. The van der Waals surface area contributed by atoms with Gasteiger partial charge in [-0.15, -0.1) is 0 Å². The van der Waals surface area contributed by atoms with E-state index in [1.807, 2.05) is 0 Å². The Labute approximate surface area is 116 Å². The van der Waals surface area contributed by atoms with Gasteiger partial charge in [-0.2, -0.15) is 0 Å². The van der Waals surface area contributed by atoms with Gasteiger partial charge in [0, 0.05) is 13.1 Å². The Hall–Kier alpha value is -0.730. The third kappa shape index (κ3) is 2.25. The summed E-state index contributed by atoms with van der Waals surface area (Å²) in [6.45, 7) is 5.78. The molecule has 0 aromatic heterocycles. The average Bonchev–Trinajstić information content (AvgIpc) is 2.86. The number of aliphatic imine (C=N–C) groups is 1. The smallest absolute Gasteiger partial charge is 0.194 e. The van der Waals surface area contributed by atoms with Gasteiger partial charge in [0.15, 0.2) is 5.96 Å². The van der Waals surface area contributed by atoms with Crippen LogP contribution in [0.25, 0.3) is 0 Å². The molecule has 106 valence electrons. The van der Waals surface area contributed by atoms with E-state index in [1.54, 1.807) is 0 Å². The van der Waals surface area contributed by atoms with E-state index in [0.29, 0.717) is 6.04 Å². The van der Waals surface area contributed by atoms with Crippen LogP contribution in [-0.4, -0.2) is 36.5 Å². The Bertz CT molecular complexity index is 385. The van der Waals surface area contributed by atoms with Crippen molar-refractivity contribution >= 4 is 5.96 Å². The minimum absolute atomic E-state index is 0.706. The zero-order valence-electron chi connectivity index (χ0n) is 12.2. The number of nitrogens with zero attached hydrogens (tertiary/aromatic N) is 2. The van der Waals surface area contributed by atoms with Gasteiger partial charge in [0.2, 0.25) is 0 Å². The van der Waals surface area contributed by atoms with E-state index in [-0.39, 0.29) is 0 Å². The second-order valence-electron chi connectivity index (χ2n) is 7.64. The molecule has 0 amide bonds. The van der Waals surface area contributed by atoms with Crippen molar-refractivity contribution in [1.82, 2.24) is 10.2 Å². The monoisotopic (exact) mass is 261 g/mol. The maximum atomic E-state index is 4.76. The van der Waals surface area contributed by atoms with Gasteiger partial charge in [0.05, 0.1) is 12.6 Å². The molecule has 0 bridgehead atoms. The highest BCUT2D eigenvalue weighted by molar-refractivity contribution is 5.82. The van der Waals surface area contributed by atoms with Gasteiger partial charge in [0.25, 0.3) is 0 Å². The molecule has 0 aromatic carbocycles. The second-order valence-corrected chi connectivity index (χ2v) is 7.64. The van der Waals surface area contributed by atoms with Crippen molar-refractivity contribution in [1.29, 1.82) is 0 Å². The largest absolute Gasteiger partial charge is 0.356 e. The van der Waals surface area contributed by atoms with E-state index in [4.69, 9.17) is 4.99 Å². The van der Waals surface area contributed by atoms with Crippen LogP contribution >= 0.6 is 0 Å². The summed E-state index contributed by atoms with van der Waals surface area (Å²) in [5, 5.41) is 3.68. The van der Waals surface area contributed by atoms with Crippen LogP contribution in [0.5, 0.6) is 0 Å². The molecule has 3 unspecified atom stereocenters. The maximum absolute atomic E-state index is 4.76. The summed E-state index contributed by atoms with van der Waals surface area (Å²) >= 11 is 0. The molecule has 0 radical (unpaired) electrons. The van der Waals surface area contributed by atoms with Gasteiger partial charge in [-0.05, 0) is 62.2 Å². The topological polar surface area (TPSA) is 27.6 Å². The molecule has 19 heavy (non-hydrogen) atoms. The van der Waals surface area contributed by atoms with Crippen molar-refractivity contribution in [3.8, 4) is 0 Å². The van der Waals surface area contributed by atoms with E-state index < -0.39 is 0 Å². The summed E-state index contributed by atoms with van der Waals surface area (Å²) in [6.07, 6.45) is 10.2. The van der Waals surface area contributed by atoms with Crippen LogP contribution in [0, 0.1) is 17.3 Å². The quantitative estimate of drug-likeness (QED) is 0.827. The summed E-state index contributed by atoms with van der Waals surface area (Å²) in [4.78, 5) is 7.31. The Kier molecular flexibility index (Phi) is 2.78. The predicted molar refractivity (Wildman–Crippen MR) is 78.2 cm³/mol. The third-order valence-corrected chi connectivity index (χ3v) is 5.98. The van der Waals surface area contributed by atoms with Crippen molar-refractivity contribution in [3.63, 3.8) is 0 Å². The number of fused-ring (bicyclic) bond motifs is 1. The number of hydrogen-bond donors (Lipinski definition) is 1. The Balaban J connectivity index is 1.31. The summed E-state index contributed by atoms with van der Waals surface area (Å²) in [5.41, 5.74) is 0.812. The van der Waals surface area contributed by atoms with Crippen molar-refractivity contribution < 1.29 is 0 Å². The van der Waals surface area contributed by atoms with Gasteiger partial charge in [-0.3, -0.25) is 4.99 Å². The first-order chi connectivity index (χ1) is 9.24. The van der Waals surface area contributed by atoms with E-state index in [2.05, 4.69) is 17.1 Å². The Morgan fingerprint density at radius 1 is 1.26 bits per heavy atom. The van der Waals surface area contributed by atoms with Gasteiger partial charge in [-0.1, -0.05) is 6.92 Å². The summed E-state index contributed by atoms with van der Waals surface area (Å²) in [6, 6.07) is 0.706. The molecule has 1 saturated heterocycles. The fourth-order valence-corrected chi connectivity index (χ4v) is 4.47. The molecule has 4 aliphatic rings. The van der Waals surface area contributed by atoms with Gasteiger partial charge in [-0.25, -0.2) is 0 Å². The van der Waals surface area contributed by atoms with Gasteiger partial charge in [0.1, 0.15) is 0 Å². The lowest BCUT2D eigenvalue weighted by molar-refractivity contribution is 0.210. The highest BCUT2D eigenvalue weighted by Crippen LogP contribution is 2.59. The van der Waals surface area contributed by atoms with Crippen LogP contribution in [0.1, 0.15) is 51.9 Å². The number of nitrogens with one attached hydrogen (secondary N) is 1. The number of piperidine rings is 1. The second kappa shape index (κ2) is 4.39. The fraction of sp³-hybridized carbons (Fsp3) is 0.938. The van der Waals surface area contributed by atoms with E-state index >= 15 is 0 Å². The molecule has 2 aliphatic heterocycles. The molecule has 3 nitrogen and oxygen atoms in total. The van der Waals surface area contributed by atoms with Crippen molar-refractivity contribution in [2.24, 2.45) is 22.2 Å². The maximum Gasteiger partial charge on any atom is 0.194 e. The van der Waals surface area contributed by atoms with Crippen molar-refractivity contribution in [2.45, 2.75) is 57.9 Å². The molecule has 0 aromatic rings. The molecule has 3 fully saturated rings. The Morgan fingerprint density at radius 2 is 2.16 bits per heavy atom. The average molecular weight is 261 g/mol. The molecule has 1 spiro atoms. The minimum Gasteiger partial charge on any atom is -0.356 e. The normalized spacial score (nSPS) is 39.3. The molecular weight excluding hydrogens is 234 g/mol. The van der Waals surface area contributed by atoms with Crippen LogP contribution in [0.15, 0.2) is 4.99 Å². The van der Waals surface area contributed by atoms with Crippen LogP contribution in [-0.2, 0) is 0 Å². The fourth-order valence-electron chi connectivity index (χ4n) is 4.47. The lowest BCUT2D eigenvalue weighted by Gasteiger charge is -2.36.